The molecule has 0 radical (unpaired) electrons. The van der Waals surface area contributed by atoms with E-state index in [4.69, 9.17) is 41.9 Å². The molecular formula is C28H35ClI2N8O4. The number of nitrogens with two attached hydrogens (primary N) is 4. The molecule has 0 atom stereocenters. The van der Waals surface area contributed by atoms with E-state index in [1.54, 1.807) is 14.2 Å². The van der Waals surface area contributed by atoms with Crippen LogP contribution in [0.5, 0.6) is 34.5 Å². The summed E-state index contributed by atoms with van der Waals surface area (Å²) < 4.78 is 24.3. The fourth-order valence-corrected chi connectivity index (χ4v) is 5.00. The second kappa shape index (κ2) is 16.0. The monoisotopic (exact) mass is 836 g/mol. The zero-order valence-corrected chi connectivity index (χ0v) is 29.6. The van der Waals surface area contributed by atoms with Crippen molar-refractivity contribution in [2.75, 3.05) is 37.2 Å². The van der Waals surface area contributed by atoms with Crippen LogP contribution in [0, 0.1) is 7.14 Å². The van der Waals surface area contributed by atoms with Gasteiger partial charge in [-0.25, -0.2) is 9.97 Å². The van der Waals surface area contributed by atoms with Crippen molar-refractivity contribution in [3.63, 3.8) is 0 Å². The van der Waals surface area contributed by atoms with E-state index in [1.807, 2.05) is 24.3 Å². The zero-order chi connectivity index (χ0) is 31.1. The number of rotatable bonds is 8. The van der Waals surface area contributed by atoms with Crippen molar-refractivity contribution in [3.05, 3.63) is 54.9 Å². The van der Waals surface area contributed by atoms with Crippen molar-refractivity contribution >= 4 is 81.1 Å². The minimum Gasteiger partial charge on any atom is -0.496 e. The van der Waals surface area contributed by atoms with Crippen LogP contribution in [0.25, 0.3) is 0 Å². The van der Waals surface area contributed by atoms with Gasteiger partial charge in [0.1, 0.15) is 23.0 Å². The number of hydrogen-bond donors (Lipinski definition) is 4. The van der Waals surface area contributed by atoms with Crippen molar-refractivity contribution in [3.8, 4) is 34.5 Å². The number of methoxy groups -OCH3 is 2. The molecule has 232 valence electrons. The standard InChI is InChI=1S/2C14H17IN4O2.ClH/c2*1-7(2)8-4-11(20-3)9(15)5-10(8)21-12-6-18-14(17)19-13(12)16;/h2*4-7H,1-3H3,(H4,16,17,18,19);1H. The van der Waals surface area contributed by atoms with Crippen molar-refractivity contribution < 1.29 is 18.9 Å². The van der Waals surface area contributed by atoms with Gasteiger partial charge in [-0.3, -0.25) is 0 Å². The molecule has 15 heteroatoms. The molecule has 4 rings (SSSR count). The lowest BCUT2D eigenvalue weighted by Gasteiger charge is -2.16. The molecule has 4 aromatic rings. The van der Waals surface area contributed by atoms with Crippen LogP contribution < -0.4 is 41.9 Å². The first kappa shape index (κ1) is 35.9. The molecule has 2 heterocycles. The van der Waals surface area contributed by atoms with Crippen LogP contribution in [0.3, 0.4) is 0 Å². The molecule has 0 aliphatic heterocycles. The highest BCUT2D eigenvalue weighted by Crippen LogP contribution is 2.39. The molecule has 8 N–H and O–H groups in total. The topological polar surface area (TPSA) is 193 Å². The fourth-order valence-electron chi connectivity index (χ4n) is 3.68. The number of benzene rings is 2. The lowest BCUT2D eigenvalue weighted by molar-refractivity contribution is 0.407. The molecule has 12 nitrogen and oxygen atoms in total. The Balaban J connectivity index is 0.000000293. The fraction of sp³-hybridized carbons (Fsp3) is 0.286. The van der Waals surface area contributed by atoms with Crippen LogP contribution in [-0.2, 0) is 0 Å². The summed E-state index contributed by atoms with van der Waals surface area (Å²) in [4.78, 5) is 15.6. The normalized spacial score (nSPS) is 10.5. The molecule has 2 aromatic heterocycles. The molecule has 2 aromatic carbocycles. The number of nitrogens with zero attached hydrogens (tertiary/aromatic N) is 4. The van der Waals surface area contributed by atoms with Crippen molar-refractivity contribution in [1.82, 2.24) is 19.9 Å². The molecule has 0 amide bonds. The minimum absolute atomic E-state index is 0. The van der Waals surface area contributed by atoms with Crippen LogP contribution in [0.2, 0.25) is 0 Å². The van der Waals surface area contributed by atoms with E-state index in [0.717, 1.165) is 29.8 Å². The summed E-state index contributed by atoms with van der Waals surface area (Å²) in [7, 11) is 3.29. The Kier molecular flexibility index (Phi) is 13.4. The van der Waals surface area contributed by atoms with E-state index in [-0.39, 0.29) is 47.8 Å². The summed E-state index contributed by atoms with van der Waals surface area (Å²) in [5.41, 5.74) is 24.6. The third-order valence-electron chi connectivity index (χ3n) is 5.86. The van der Waals surface area contributed by atoms with Gasteiger partial charge < -0.3 is 41.9 Å². The van der Waals surface area contributed by atoms with Crippen molar-refractivity contribution in [2.24, 2.45) is 0 Å². The zero-order valence-electron chi connectivity index (χ0n) is 24.5. The maximum absolute atomic E-state index is 5.87. The van der Waals surface area contributed by atoms with E-state index in [9.17, 15) is 0 Å². The van der Waals surface area contributed by atoms with E-state index in [2.05, 4.69) is 92.8 Å². The van der Waals surface area contributed by atoms with Crippen LogP contribution in [0.15, 0.2) is 36.7 Å². The van der Waals surface area contributed by atoms with Crippen LogP contribution in [-0.4, -0.2) is 34.2 Å². The molecule has 0 fully saturated rings. The highest BCUT2D eigenvalue weighted by Gasteiger charge is 2.17. The van der Waals surface area contributed by atoms with Gasteiger partial charge in [-0.2, -0.15) is 9.97 Å². The van der Waals surface area contributed by atoms with Gasteiger partial charge in [0, 0.05) is 11.1 Å². The SMILES string of the molecule is COc1cc(C(C)C)c(Oc2cnc(N)nc2N)cc1I.COc1cc(C(C)C)c(Oc2cnc(N)nc2N)cc1I.Cl. The number of hydrogen-bond acceptors (Lipinski definition) is 12. The first-order valence-electron chi connectivity index (χ1n) is 12.7. The Morgan fingerprint density at radius 3 is 1.21 bits per heavy atom. The first-order valence-corrected chi connectivity index (χ1v) is 14.9. The second-order valence-corrected chi connectivity index (χ2v) is 11.8. The average Bonchev–Trinajstić information content (AvgIpc) is 2.92. The number of nitrogen functional groups attached to an aromatic ring is 4. The molecule has 0 saturated carbocycles. The summed E-state index contributed by atoms with van der Waals surface area (Å²) in [6.07, 6.45) is 2.94. The predicted molar refractivity (Wildman–Crippen MR) is 189 cm³/mol. The molecule has 0 saturated heterocycles. The predicted octanol–water partition coefficient (Wildman–Crippen LogP) is 6.76. The van der Waals surface area contributed by atoms with Crippen molar-refractivity contribution in [1.29, 1.82) is 0 Å². The van der Waals surface area contributed by atoms with Gasteiger partial charge >= 0.3 is 0 Å². The van der Waals surface area contributed by atoms with E-state index in [1.165, 1.54) is 12.4 Å². The first-order chi connectivity index (χ1) is 19.8. The van der Waals surface area contributed by atoms with Crippen LogP contribution in [0.4, 0.5) is 23.5 Å². The highest BCUT2D eigenvalue weighted by molar-refractivity contribution is 14.1. The van der Waals surface area contributed by atoms with Gasteiger partial charge in [0.15, 0.2) is 23.1 Å². The third kappa shape index (κ3) is 9.37. The maximum atomic E-state index is 5.87. The molecule has 0 aliphatic rings. The number of aromatic nitrogens is 4. The molecular weight excluding hydrogens is 802 g/mol. The van der Waals surface area contributed by atoms with E-state index >= 15 is 0 Å². The van der Waals surface area contributed by atoms with Crippen LogP contribution in [0.1, 0.15) is 50.7 Å². The lowest BCUT2D eigenvalue weighted by atomic mass is 10.0. The van der Waals surface area contributed by atoms with Gasteiger partial charge in [-0.05, 0) is 81.3 Å². The third-order valence-corrected chi connectivity index (χ3v) is 7.54. The molecule has 0 spiro atoms. The smallest absolute Gasteiger partial charge is 0.222 e. The summed E-state index contributed by atoms with van der Waals surface area (Å²) in [5, 5.41) is 0. The number of anilines is 4. The highest BCUT2D eigenvalue weighted by atomic mass is 127. The lowest BCUT2D eigenvalue weighted by Crippen LogP contribution is -2.03. The minimum atomic E-state index is 0. The average molecular weight is 837 g/mol. The van der Waals surface area contributed by atoms with Crippen molar-refractivity contribution in [2.45, 2.75) is 39.5 Å². The Hall–Kier alpha value is -3.25. The second-order valence-electron chi connectivity index (χ2n) is 9.52. The maximum Gasteiger partial charge on any atom is 0.222 e. The molecule has 0 unspecified atom stereocenters. The number of halogens is 3. The van der Waals surface area contributed by atoms with Gasteiger partial charge in [0.05, 0.1) is 33.8 Å². The van der Waals surface area contributed by atoms with Crippen LogP contribution >= 0.6 is 57.6 Å². The van der Waals surface area contributed by atoms with Gasteiger partial charge in [-0.1, -0.05) is 27.7 Å². The largest absolute Gasteiger partial charge is 0.496 e. The van der Waals surface area contributed by atoms with Gasteiger partial charge in [0.25, 0.3) is 0 Å². The Bertz CT molecular complexity index is 1450. The Labute approximate surface area is 284 Å². The molecule has 43 heavy (non-hydrogen) atoms. The van der Waals surface area contributed by atoms with E-state index in [0.29, 0.717) is 23.0 Å². The Morgan fingerprint density at radius 1 is 0.581 bits per heavy atom. The summed E-state index contributed by atoms with van der Waals surface area (Å²) in [6.45, 7) is 8.32. The summed E-state index contributed by atoms with van der Waals surface area (Å²) in [5.74, 6) is 4.99. The Morgan fingerprint density at radius 2 is 0.930 bits per heavy atom. The molecule has 0 aliphatic carbocycles. The van der Waals surface area contributed by atoms with Gasteiger partial charge in [0.2, 0.25) is 11.9 Å². The quantitative estimate of drug-likeness (QED) is 0.137. The van der Waals surface area contributed by atoms with Gasteiger partial charge in [-0.15, -0.1) is 12.4 Å². The molecule has 0 bridgehead atoms. The van der Waals surface area contributed by atoms with E-state index < -0.39 is 0 Å². The summed E-state index contributed by atoms with van der Waals surface area (Å²) in [6, 6.07) is 7.75. The summed E-state index contributed by atoms with van der Waals surface area (Å²) >= 11 is 4.39. The number of ether oxygens (including phenoxy) is 4.